The van der Waals surface area contributed by atoms with Crippen molar-refractivity contribution < 1.29 is 23.9 Å². The Morgan fingerprint density at radius 1 is 0.974 bits per heavy atom. The molecule has 0 fully saturated rings. The molecule has 0 amide bonds. The van der Waals surface area contributed by atoms with Crippen molar-refractivity contribution in [3.8, 4) is 5.69 Å². The number of fused-ring (bicyclic) bond motifs is 3. The van der Waals surface area contributed by atoms with Crippen molar-refractivity contribution in [2.75, 3.05) is 20.0 Å². The number of carbonyl (C=O) groups is 3. The summed E-state index contributed by atoms with van der Waals surface area (Å²) in [6.07, 6.45) is 3.26. The number of nitrogens with zero attached hydrogens (tertiary/aromatic N) is 3. The highest BCUT2D eigenvalue weighted by molar-refractivity contribution is 8.00. The van der Waals surface area contributed by atoms with E-state index in [2.05, 4.69) is 4.98 Å². The summed E-state index contributed by atoms with van der Waals surface area (Å²) in [7, 11) is 2.56. The highest BCUT2D eigenvalue weighted by Gasteiger charge is 2.24. The fourth-order valence-corrected chi connectivity index (χ4v) is 7.39. The third kappa shape index (κ3) is 4.63. The van der Waals surface area contributed by atoms with Gasteiger partial charge in [0.2, 0.25) is 0 Å². The van der Waals surface area contributed by atoms with Gasteiger partial charge in [-0.1, -0.05) is 11.8 Å². The zero-order chi connectivity index (χ0) is 27.1. The van der Waals surface area contributed by atoms with Crippen LogP contribution in [0.3, 0.4) is 0 Å². The van der Waals surface area contributed by atoms with Crippen molar-refractivity contribution in [2.45, 2.75) is 45.1 Å². The molecule has 3 heterocycles. The van der Waals surface area contributed by atoms with Crippen molar-refractivity contribution in [3.05, 3.63) is 68.6 Å². The molecule has 4 aromatic rings. The Bertz CT molecular complexity index is 1580. The lowest BCUT2D eigenvalue weighted by molar-refractivity contribution is 0.0598. The first-order valence-electron chi connectivity index (χ1n) is 12.2. The second kappa shape index (κ2) is 10.3. The summed E-state index contributed by atoms with van der Waals surface area (Å²) in [6.45, 7) is 5.62. The van der Waals surface area contributed by atoms with Gasteiger partial charge in [0.15, 0.2) is 5.78 Å². The van der Waals surface area contributed by atoms with Crippen LogP contribution in [0.4, 0.5) is 0 Å². The summed E-state index contributed by atoms with van der Waals surface area (Å²) in [6, 6.07) is 6.55. The van der Waals surface area contributed by atoms with Crippen LogP contribution in [0, 0.1) is 20.8 Å². The molecule has 3 aromatic heterocycles. The quantitative estimate of drug-likeness (QED) is 0.130. The Balaban J connectivity index is 1.47. The number of aromatic nitrogens is 3. The third-order valence-corrected chi connectivity index (χ3v) is 8.89. The van der Waals surface area contributed by atoms with Gasteiger partial charge in [0, 0.05) is 32.9 Å². The van der Waals surface area contributed by atoms with Crippen LogP contribution in [-0.2, 0) is 22.3 Å². The highest BCUT2D eigenvalue weighted by Crippen LogP contribution is 2.40. The number of thioether (sulfide) groups is 1. The molecule has 196 valence electrons. The normalized spacial score (nSPS) is 12.6. The molecule has 0 radical (unpaired) electrons. The topological polar surface area (TPSA) is 100 Å². The number of ether oxygens (including phenoxy) is 2. The largest absolute Gasteiger partial charge is 0.465 e. The van der Waals surface area contributed by atoms with E-state index in [0.29, 0.717) is 22.8 Å². The maximum atomic E-state index is 13.4. The maximum Gasteiger partial charge on any atom is 0.337 e. The standard InChI is InChI=1S/C28H27N3O5S2/c1-14-9-21(15(2)31(14)19-11-17(27(33)35-4)10-18(12-19)28(34)36-5)22(32)13-37-25-24-20-7-6-8-23(20)38-26(24)30-16(3)29-25/h9-12H,6-8,13H2,1-5H3. The molecule has 0 spiro atoms. The second-order valence-corrected chi connectivity index (χ2v) is 11.2. The van der Waals surface area contributed by atoms with E-state index >= 15 is 0 Å². The van der Waals surface area contributed by atoms with Gasteiger partial charge >= 0.3 is 11.9 Å². The minimum Gasteiger partial charge on any atom is -0.465 e. The van der Waals surface area contributed by atoms with Gasteiger partial charge in [-0.25, -0.2) is 19.6 Å². The van der Waals surface area contributed by atoms with Crippen LogP contribution in [0.5, 0.6) is 0 Å². The molecular formula is C28H27N3O5S2. The lowest BCUT2D eigenvalue weighted by atomic mass is 10.1. The van der Waals surface area contributed by atoms with E-state index in [1.807, 2.05) is 31.4 Å². The van der Waals surface area contributed by atoms with Crippen molar-refractivity contribution in [3.63, 3.8) is 0 Å². The molecule has 10 heteroatoms. The number of thiophene rings is 1. The van der Waals surface area contributed by atoms with Gasteiger partial charge in [0.25, 0.3) is 0 Å². The third-order valence-electron chi connectivity index (χ3n) is 6.73. The van der Waals surface area contributed by atoms with E-state index in [0.717, 1.165) is 40.2 Å². The van der Waals surface area contributed by atoms with E-state index < -0.39 is 11.9 Å². The number of ketones is 1. The summed E-state index contributed by atoms with van der Waals surface area (Å²) in [4.78, 5) is 49.7. The van der Waals surface area contributed by atoms with Crippen LogP contribution in [0.2, 0.25) is 0 Å². The summed E-state index contributed by atoms with van der Waals surface area (Å²) in [5, 5.41) is 1.97. The zero-order valence-corrected chi connectivity index (χ0v) is 23.5. The van der Waals surface area contributed by atoms with Crippen molar-refractivity contribution in [2.24, 2.45) is 0 Å². The molecule has 0 saturated carbocycles. The Hall–Kier alpha value is -3.50. The molecule has 1 aliphatic carbocycles. The van der Waals surface area contributed by atoms with Crippen LogP contribution in [0.15, 0.2) is 29.3 Å². The van der Waals surface area contributed by atoms with Crippen LogP contribution < -0.4 is 0 Å². The molecular weight excluding hydrogens is 522 g/mol. The molecule has 0 aliphatic heterocycles. The van der Waals surface area contributed by atoms with Gasteiger partial charge in [0.05, 0.1) is 31.1 Å². The molecule has 0 unspecified atom stereocenters. The van der Waals surface area contributed by atoms with Gasteiger partial charge in [-0.15, -0.1) is 11.3 Å². The van der Waals surface area contributed by atoms with Crippen molar-refractivity contribution >= 4 is 51.0 Å². The lowest BCUT2D eigenvalue weighted by Crippen LogP contribution is -2.10. The number of benzene rings is 1. The average molecular weight is 550 g/mol. The molecule has 1 aromatic carbocycles. The predicted molar refractivity (Wildman–Crippen MR) is 147 cm³/mol. The predicted octanol–water partition coefficient (Wildman–Crippen LogP) is 5.44. The second-order valence-electron chi connectivity index (χ2n) is 9.20. The minimum absolute atomic E-state index is 0.0250. The number of Topliss-reactive ketones (excluding diaryl/α,β-unsaturated/α-hetero) is 1. The first-order valence-corrected chi connectivity index (χ1v) is 14.0. The van der Waals surface area contributed by atoms with Gasteiger partial charge in [-0.05, 0) is 69.9 Å². The van der Waals surface area contributed by atoms with Crippen molar-refractivity contribution in [1.29, 1.82) is 0 Å². The van der Waals surface area contributed by atoms with E-state index in [1.54, 1.807) is 23.5 Å². The molecule has 1 aliphatic rings. The number of carbonyl (C=O) groups excluding carboxylic acids is 3. The summed E-state index contributed by atoms with van der Waals surface area (Å²) >= 11 is 3.19. The van der Waals surface area contributed by atoms with Gasteiger partial charge in [-0.2, -0.15) is 0 Å². The minimum atomic E-state index is -0.571. The van der Waals surface area contributed by atoms with Crippen molar-refractivity contribution in [1.82, 2.24) is 14.5 Å². The molecule has 0 bridgehead atoms. The molecule has 5 rings (SSSR count). The van der Waals surface area contributed by atoms with E-state index in [-0.39, 0.29) is 22.7 Å². The summed E-state index contributed by atoms with van der Waals surface area (Å²) in [5.74, 6) is -0.228. The Morgan fingerprint density at radius 2 is 1.66 bits per heavy atom. The highest BCUT2D eigenvalue weighted by atomic mass is 32.2. The van der Waals surface area contributed by atoms with Gasteiger partial charge in [-0.3, -0.25) is 4.79 Å². The maximum absolute atomic E-state index is 13.4. The number of aryl methyl sites for hydroxylation is 4. The Labute approximate surface area is 228 Å². The van der Waals surface area contributed by atoms with Crippen LogP contribution in [0.25, 0.3) is 15.9 Å². The average Bonchev–Trinajstić information content (AvgIpc) is 3.58. The van der Waals surface area contributed by atoms with E-state index in [9.17, 15) is 14.4 Å². The number of rotatable bonds is 7. The van der Waals surface area contributed by atoms with Crippen LogP contribution >= 0.6 is 23.1 Å². The molecule has 0 saturated heterocycles. The van der Waals surface area contributed by atoms with E-state index in [1.165, 1.54) is 42.5 Å². The van der Waals surface area contributed by atoms with Crippen LogP contribution in [0.1, 0.15) is 65.1 Å². The number of hydrogen-bond acceptors (Lipinski definition) is 9. The van der Waals surface area contributed by atoms with Gasteiger partial charge < -0.3 is 14.0 Å². The lowest BCUT2D eigenvalue weighted by Gasteiger charge is -2.13. The monoisotopic (exact) mass is 549 g/mol. The molecule has 0 atom stereocenters. The molecule has 0 N–H and O–H groups in total. The van der Waals surface area contributed by atoms with E-state index in [4.69, 9.17) is 14.5 Å². The first kappa shape index (κ1) is 26.1. The van der Waals surface area contributed by atoms with Gasteiger partial charge in [0.1, 0.15) is 15.7 Å². The smallest absolute Gasteiger partial charge is 0.337 e. The molecule has 8 nitrogen and oxygen atoms in total. The summed E-state index contributed by atoms with van der Waals surface area (Å²) < 4.78 is 11.6. The number of esters is 2. The Kier molecular flexibility index (Phi) is 7.11. The zero-order valence-electron chi connectivity index (χ0n) is 21.8. The summed E-state index contributed by atoms with van der Waals surface area (Å²) in [5.41, 5.74) is 4.43. The number of methoxy groups -OCH3 is 2. The fourth-order valence-electron chi connectivity index (χ4n) is 5.03. The van der Waals surface area contributed by atoms with Crippen LogP contribution in [-0.4, -0.2) is 52.2 Å². The fraction of sp³-hybridized carbons (Fsp3) is 0.321. The number of hydrogen-bond donors (Lipinski definition) is 0. The SMILES string of the molecule is COC(=O)c1cc(C(=O)OC)cc(-n2c(C)cc(C(=O)CSc3nc(C)nc4sc5c(c34)CCC5)c2C)c1. The first-order chi connectivity index (χ1) is 18.2. The molecule has 38 heavy (non-hydrogen) atoms. The Morgan fingerprint density at radius 3 is 2.32 bits per heavy atom.